The lowest BCUT2D eigenvalue weighted by molar-refractivity contribution is 0.0308. The van der Waals surface area contributed by atoms with E-state index in [9.17, 15) is 5.11 Å². The second kappa shape index (κ2) is 4.44. The van der Waals surface area contributed by atoms with Crippen molar-refractivity contribution in [2.75, 3.05) is 13.1 Å². The van der Waals surface area contributed by atoms with Crippen LogP contribution in [0.25, 0.3) is 0 Å². The molecule has 0 radical (unpaired) electrons. The lowest BCUT2D eigenvalue weighted by Crippen LogP contribution is -2.42. The van der Waals surface area contributed by atoms with E-state index in [-0.39, 0.29) is 0 Å². The van der Waals surface area contributed by atoms with Gasteiger partial charge < -0.3 is 5.11 Å². The van der Waals surface area contributed by atoms with E-state index in [0.29, 0.717) is 19.1 Å². The number of nitrogens with zero attached hydrogens (tertiary/aromatic N) is 2. The zero-order chi connectivity index (χ0) is 9.78. The van der Waals surface area contributed by atoms with Crippen LogP contribution in [0, 0.1) is 11.3 Å². The minimum Gasteiger partial charge on any atom is -0.389 e. The number of nitriles is 1. The molecule has 0 spiro atoms. The topological polar surface area (TPSA) is 47.3 Å². The average Bonchev–Trinajstić information content (AvgIpc) is 1.83. The molecule has 0 aromatic rings. The molecule has 0 fully saturated rings. The van der Waals surface area contributed by atoms with E-state index in [2.05, 4.69) is 6.07 Å². The van der Waals surface area contributed by atoms with Gasteiger partial charge in [-0.1, -0.05) is 0 Å². The van der Waals surface area contributed by atoms with Crippen LogP contribution < -0.4 is 0 Å². The molecule has 0 aliphatic carbocycles. The largest absolute Gasteiger partial charge is 0.389 e. The first-order chi connectivity index (χ1) is 5.37. The Hall–Kier alpha value is -0.590. The van der Waals surface area contributed by atoms with Crippen molar-refractivity contribution in [1.29, 1.82) is 5.26 Å². The van der Waals surface area contributed by atoms with Crippen molar-refractivity contribution in [2.45, 2.75) is 39.3 Å². The van der Waals surface area contributed by atoms with Crippen molar-refractivity contribution in [3.05, 3.63) is 0 Å². The highest BCUT2D eigenvalue weighted by atomic mass is 16.3. The van der Waals surface area contributed by atoms with Crippen LogP contribution in [0.3, 0.4) is 0 Å². The van der Waals surface area contributed by atoms with Gasteiger partial charge in [0, 0.05) is 12.6 Å². The predicted molar refractivity (Wildman–Crippen MR) is 48.6 cm³/mol. The molecular formula is C9H18N2O. The first-order valence-corrected chi connectivity index (χ1v) is 4.20. The van der Waals surface area contributed by atoms with E-state index < -0.39 is 5.60 Å². The van der Waals surface area contributed by atoms with Crippen molar-refractivity contribution < 1.29 is 5.11 Å². The van der Waals surface area contributed by atoms with Crippen LogP contribution in [-0.2, 0) is 0 Å². The molecule has 0 atom stereocenters. The lowest BCUT2D eigenvalue weighted by Gasteiger charge is -2.29. The van der Waals surface area contributed by atoms with Crippen LogP contribution in [0.15, 0.2) is 0 Å². The standard InChI is InChI=1S/C9H18N2O/c1-8(2)11(6-5-10)7-9(3,4)12/h8,12H,6-7H2,1-4H3. The molecule has 12 heavy (non-hydrogen) atoms. The van der Waals surface area contributed by atoms with Crippen LogP contribution in [0.2, 0.25) is 0 Å². The summed E-state index contributed by atoms with van der Waals surface area (Å²) in [5.74, 6) is 0. The van der Waals surface area contributed by atoms with Crippen LogP contribution in [-0.4, -0.2) is 34.7 Å². The maximum absolute atomic E-state index is 9.51. The summed E-state index contributed by atoms with van der Waals surface area (Å²) in [6.45, 7) is 8.45. The highest BCUT2D eigenvalue weighted by Gasteiger charge is 2.19. The summed E-state index contributed by atoms with van der Waals surface area (Å²) < 4.78 is 0. The molecule has 0 rings (SSSR count). The molecule has 0 unspecified atom stereocenters. The molecule has 0 bridgehead atoms. The molecule has 3 heteroatoms. The molecule has 1 N–H and O–H groups in total. The van der Waals surface area contributed by atoms with Crippen LogP contribution in [0.4, 0.5) is 0 Å². The van der Waals surface area contributed by atoms with E-state index in [4.69, 9.17) is 5.26 Å². The lowest BCUT2D eigenvalue weighted by atomic mass is 10.1. The van der Waals surface area contributed by atoms with Crippen molar-refractivity contribution in [1.82, 2.24) is 4.90 Å². The van der Waals surface area contributed by atoms with Gasteiger partial charge in [0.25, 0.3) is 0 Å². The summed E-state index contributed by atoms with van der Waals surface area (Å²) in [5.41, 5.74) is -0.721. The Morgan fingerprint density at radius 1 is 1.50 bits per heavy atom. The Kier molecular flexibility index (Phi) is 4.22. The van der Waals surface area contributed by atoms with Gasteiger partial charge in [0.1, 0.15) is 0 Å². The smallest absolute Gasteiger partial charge is 0.0869 e. The van der Waals surface area contributed by atoms with Gasteiger partial charge in [-0.15, -0.1) is 0 Å². The third-order valence-electron chi connectivity index (χ3n) is 1.59. The highest BCUT2D eigenvalue weighted by molar-refractivity contribution is 4.82. The molecule has 0 aromatic carbocycles. The summed E-state index contributed by atoms with van der Waals surface area (Å²) in [6.07, 6.45) is 0. The summed E-state index contributed by atoms with van der Waals surface area (Å²) in [4.78, 5) is 1.94. The van der Waals surface area contributed by atoms with Crippen molar-refractivity contribution in [2.24, 2.45) is 0 Å². The third-order valence-corrected chi connectivity index (χ3v) is 1.59. The van der Waals surface area contributed by atoms with Gasteiger partial charge in [-0.25, -0.2) is 0 Å². The summed E-state index contributed by atoms with van der Waals surface area (Å²) in [7, 11) is 0. The fourth-order valence-corrected chi connectivity index (χ4v) is 1.01. The molecule has 0 aliphatic heterocycles. The van der Waals surface area contributed by atoms with Gasteiger partial charge in [-0.3, -0.25) is 4.90 Å². The Labute approximate surface area is 74.6 Å². The minimum atomic E-state index is -0.721. The Morgan fingerprint density at radius 2 is 2.00 bits per heavy atom. The normalized spacial score (nSPS) is 12.2. The van der Waals surface area contributed by atoms with Crippen molar-refractivity contribution in [3.63, 3.8) is 0 Å². The van der Waals surface area contributed by atoms with Gasteiger partial charge in [-0.2, -0.15) is 5.26 Å². The maximum atomic E-state index is 9.51. The third kappa shape index (κ3) is 5.11. The Morgan fingerprint density at radius 3 is 2.25 bits per heavy atom. The maximum Gasteiger partial charge on any atom is 0.0869 e. The quantitative estimate of drug-likeness (QED) is 0.640. The van der Waals surface area contributed by atoms with Crippen molar-refractivity contribution in [3.8, 4) is 6.07 Å². The summed E-state index contributed by atoms with van der Waals surface area (Å²) in [5, 5.41) is 18.0. The first kappa shape index (κ1) is 11.4. The molecule has 0 saturated carbocycles. The first-order valence-electron chi connectivity index (χ1n) is 4.20. The second-order valence-electron chi connectivity index (χ2n) is 3.97. The molecule has 70 valence electrons. The Balaban J connectivity index is 4.07. The highest BCUT2D eigenvalue weighted by Crippen LogP contribution is 2.07. The molecule has 0 aromatic heterocycles. The van der Waals surface area contributed by atoms with Gasteiger partial charge in [0.15, 0.2) is 0 Å². The molecule has 0 amide bonds. The SMILES string of the molecule is CC(C)N(CC#N)CC(C)(C)O. The van der Waals surface area contributed by atoms with Crippen LogP contribution in [0.5, 0.6) is 0 Å². The minimum absolute atomic E-state index is 0.302. The zero-order valence-corrected chi connectivity index (χ0v) is 8.33. The molecule has 0 saturated heterocycles. The van der Waals surface area contributed by atoms with Gasteiger partial charge in [0.2, 0.25) is 0 Å². The number of aliphatic hydroxyl groups is 1. The number of hydrogen-bond donors (Lipinski definition) is 1. The van der Waals surface area contributed by atoms with E-state index in [0.717, 1.165) is 0 Å². The number of hydrogen-bond acceptors (Lipinski definition) is 3. The molecular weight excluding hydrogens is 152 g/mol. The monoisotopic (exact) mass is 170 g/mol. The number of rotatable bonds is 4. The predicted octanol–water partition coefficient (Wildman–Crippen LogP) is 0.991. The summed E-state index contributed by atoms with van der Waals surface area (Å²) >= 11 is 0. The van der Waals surface area contributed by atoms with Gasteiger partial charge >= 0.3 is 0 Å². The van der Waals surface area contributed by atoms with Crippen LogP contribution >= 0.6 is 0 Å². The second-order valence-corrected chi connectivity index (χ2v) is 3.97. The van der Waals surface area contributed by atoms with E-state index >= 15 is 0 Å². The van der Waals surface area contributed by atoms with Crippen molar-refractivity contribution >= 4 is 0 Å². The molecule has 0 heterocycles. The fourth-order valence-electron chi connectivity index (χ4n) is 1.01. The van der Waals surface area contributed by atoms with E-state index in [1.54, 1.807) is 13.8 Å². The average molecular weight is 170 g/mol. The molecule has 3 nitrogen and oxygen atoms in total. The molecule has 0 aliphatic rings. The fraction of sp³-hybridized carbons (Fsp3) is 0.889. The van der Waals surface area contributed by atoms with Gasteiger partial charge in [-0.05, 0) is 27.7 Å². The van der Waals surface area contributed by atoms with Gasteiger partial charge in [0.05, 0.1) is 18.2 Å². The summed E-state index contributed by atoms with van der Waals surface area (Å²) in [6, 6.07) is 2.39. The van der Waals surface area contributed by atoms with Crippen LogP contribution in [0.1, 0.15) is 27.7 Å². The zero-order valence-electron chi connectivity index (χ0n) is 8.33. The Bertz CT molecular complexity index is 164. The van der Waals surface area contributed by atoms with E-state index in [1.165, 1.54) is 0 Å². The van der Waals surface area contributed by atoms with E-state index in [1.807, 2.05) is 18.7 Å².